The van der Waals surface area contributed by atoms with E-state index in [1.54, 1.807) is 0 Å². The molecule has 11 aromatic carbocycles. The summed E-state index contributed by atoms with van der Waals surface area (Å²) < 4.78 is 0. The Morgan fingerprint density at radius 3 is 1.73 bits per heavy atom. The van der Waals surface area contributed by atoms with Crippen molar-refractivity contribution in [1.29, 1.82) is 0 Å². The first-order valence-corrected chi connectivity index (χ1v) is 21.7. The van der Waals surface area contributed by atoms with Crippen molar-refractivity contribution in [1.82, 2.24) is 0 Å². The van der Waals surface area contributed by atoms with Gasteiger partial charge in [0.15, 0.2) is 0 Å². The summed E-state index contributed by atoms with van der Waals surface area (Å²) in [6.07, 6.45) is 0. The van der Waals surface area contributed by atoms with Crippen molar-refractivity contribution in [2.75, 3.05) is 4.90 Å². The Hall–Kier alpha value is -7.74. The highest BCUT2D eigenvalue weighted by atomic mass is 15.1. The third-order valence-electron chi connectivity index (χ3n) is 13.4. The molecular formula is C61H43N. The van der Waals surface area contributed by atoms with Gasteiger partial charge in [-0.1, -0.05) is 196 Å². The smallest absolute Gasteiger partial charge is 0.0546 e. The zero-order valence-corrected chi connectivity index (χ0v) is 34.8. The van der Waals surface area contributed by atoms with Crippen LogP contribution in [0.5, 0.6) is 0 Å². The fourth-order valence-corrected chi connectivity index (χ4v) is 10.4. The van der Waals surface area contributed by atoms with Gasteiger partial charge in [-0.2, -0.15) is 0 Å². The Bertz CT molecular complexity index is 3550. The first kappa shape index (κ1) is 36.1. The van der Waals surface area contributed by atoms with Gasteiger partial charge in [0.1, 0.15) is 0 Å². The summed E-state index contributed by atoms with van der Waals surface area (Å²) in [6, 6.07) is 83.3. The number of rotatable bonds is 6. The first-order chi connectivity index (χ1) is 30.5. The summed E-state index contributed by atoms with van der Waals surface area (Å²) in [6.45, 7) is 4.74. The molecule has 0 N–H and O–H groups in total. The van der Waals surface area contributed by atoms with E-state index in [1.165, 1.54) is 98.7 Å². The molecule has 0 heterocycles. The topological polar surface area (TPSA) is 3.24 Å². The lowest BCUT2D eigenvalue weighted by molar-refractivity contribution is 0.660. The zero-order chi connectivity index (χ0) is 41.4. The van der Waals surface area contributed by atoms with Gasteiger partial charge >= 0.3 is 0 Å². The van der Waals surface area contributed by atoms with E-state index in [4.69, 9.17) is 0 Å². The highest BCUT2D eigenvalue weighted by Crippen LogP contribution is 2.53. The van der Waals surface area contributed by atoms with Crippen LogP contribution in [0, 0.1) is 0 Å². The fourth-order valence-electron chi connectivity index (χ4n) is 10.4. The molecule has 1 aliphatic carbocycles. The van der Waals surface area contributed by atoms with Crippen molar-refractivity contribution < 1.29 is 0 Å². The minimum Gasteiger partial charge on any atom is -0.310 e. The quantitative estimate of drug-likeness (QED) is 0.152. The van der Waals surface area contributed by atoms with Gasteiger partial charge in [0.2, 0.25) is 0 Å². The van der Waals surface area contributed by atoms with Crippen LogP contribution >= 0.6 is 0 Å². The largest absolute Gasteiger partial charge is 0.310 e. The molecule has 1 heteroatoms. The number of nitrogens with zero attached hydrogens (tertiary/aromatic N) is 1. The van der Waals surface area contributed by atoms with E-state index in [9.17, 15) is 0 Å². The van der Waals surface area contributed by atoms with Crippen molar-refractivity contribution in [3.63, 3.8) is 0 Å². The van der Waals surface area contributed by atoms with Crippen LogP contribution in [0.1, 0.15) is 25.0 Å². The predicted molar refractivity (Wildman–Crippen MR) is 265 cm³/mol. The Balaban J connectivity index is 1.14. The van der Waals surface area contributed by atoms with Crippen molar-refractivity contribution in [3.05, 3.63) is 236 Å². The van der Waals surface area contributed by atoms with Gasteiger partial charge in [0, 0.05) is 22.4 Å². The molecule has 0 radical (unpaired) electrons. The van der Waals surface area contributed by atoms with Crippen LogP contribution < -0.4 is 4.90 Å². The Morgan fingerprint density at radius 1 is 0.306 bits per heavy atom. The molecule has 0 atom stereocenters. The van der Waals surface area contributed by atoms with E-state index >= 15 is 0 Å². The summed E-state index contributed by atoms with van der Waals surface area (Å²) in [5.41, 5.74) is 15.8. The molecule has 0 aromatic heterocycles. The maximum Gasteiger partial charge on any atom is 0.0546 e. The second-order valence-electron chi connectivity index (χ2n) is 17.3. The fraction of sp³-hybridized carbons (Fsp3) is 0.0492. The second kappa shape index (κ2) is 14.2. The number of hydrogen-bond acceptors (Lipinski definition) is 1. The molecule has 62 heavy (non-hydrogen) atoms. The molecule has 0 spiro atoms. The van der Waals surface area contributed by atoms with Crippen LogP contribution in [0.2, 0.25) is 0 Å². The van der Waals surface area contributed by atoms with Crippen molar-refractivity contribution in [2.45, 2.75) is 19.3 Å². The summed E-state index contributed by atoms with van der Waals surface area (Å²) in [7, 11) is 0. The molecule has 1 aliphatic rings. The van der Waals surface area contributed by atoms with E-state index in [0.717, 1.165) is 17.1 Å². The van der Waals surface area contributed by atoms with Crippen molar-refractivity contribution >= 4 is 60.2 Å². The number of benzene rings is 11. The van der Waals surface area contributed by atoms with E-state index in [-0.39, 0.29) is 5.41 Å². The molecular weight excluding hydrogens is 747 g/mol. The third kappa shape index (κ3) is 5.70. The summed E-state index contributed by atoms with van der Waals surface area (Å²) >= 11 is 0. The minimum atomic E-state index is -0.155. The maximum atomic E-state index is 2.51. The van der Waals surface area contributed by atoms with Crippen molar-refractivity contribution in [2.24, 2.45) is 0 Å². The average molecular weight is 790 g/mol. The summed E-state index contributed by atoms with van der Waals surface area (Å²) in [5, 5.41) is 9.95. The molecule has 12 rings (SSSR count). The number of hydrogen-bond donors (Lipinski definition) is 0. The van der Waals surface area contributed by atoms with Crippen molar-refractivity contribution in [3.8, 4) is 44.5 Å². The van der Waals surface area contributed by atoms with Crippen LogP contribution in [0.4, 0.5) is 17.1 Å². The van der Waals surface area contributed by atoms with E-state index in [0.29, 0.717) is 0 Å². The van der Waals surface area contributed by atoms with Gasteiger partial charge in [0.25, 0.3) is 0 Å². The Morgan fingerprint density at radius 2 is 0.887 bits per heavy atom. The average Bonchev–Trinajstić information content (AvgIpc) is 3.56. The van der Waals surface area contributed by atoms with Crippen LogP contribution in [-0.2, 0) is 5.41 Å². The van der Waals surface area contributed by atoms with Crippen LogP contribution in [0.15, 0.2) is 224 Å². The predicted octanol–water partition coefficient (Wildman–Crippen LogP) is 17.1. The molecule has 292 valence electrons. The van der Waals surface area contributed by atoms with Gasteiger partial charge in [-0.05, 0) is 136 Å². The maximum absolute atomic E-state index is 2.51. The molecule has 0 unspecified atom stereocenters. The lowest BCUT2D eigenvalue weighted by Gasteiger charge is -2.31. The minimum absolute atomic E-state index is 0.155. The van der Waals surface area contributed by atoms with E-state index < -0.39 is 0 Å². The first-order valence-electron chi connectivity index (χ1n) is 21.7. The third-order valence-corrected chi connectivity index (χ3v) is 13.4. The van der Waals surface area contributed by atoms with Gasteiger partial charge in [-0.3, -0.25) is 0 Å². The van der Waals surface area contributed by atoms with E-state index in [1.807, 2.05) is 0 Å². The molecule has 1 nitrogen and oxygen atoms in total. The highest BCUT2D eigenvalue weighted by Gasteiger charge is 2.36. The van der Waals surface area contributed by atoms with E-state index in [2.05, 4.69) is 243 Å². The van der Waals surface area contributed by atoms with Gasteiger partial charge in [-0.25, -0.2) is 0 Å². The molecule has 0 saturated heterocycles. The monoisotopic (exact) mass is 789 g/mol. The van der Waals surface area contributed by atoms with Gasteiger partial charge in [-0.15, -0.1) is 0 Å². The number of anilines is 3. The summed E-state index contributed by atoms with van der Waals surface area (Å²) in [5.74, 6) is 0. The second-order valence-corrected chi connectivity index (χ2v) is 17.3. The molecule has 11 aromatic rings. The SMILES string of the molecule is CC1(C)c2ccccc2-c2ccc(N(c3ccc(-c4ccc5ccccc5c4)cc3)c3cccc(-c4cc5ccccc5c5ccccc45)c3-c3cccc4ccccc34)cc21. The van der Waals surface area contributed by atoms with Gasteiger partial charge < -0.3 is 4.90 Å². The highest BCUT2D eigenvalue weighted by molar-refractivity contribution is 6.17. The lowest BCUT2D eigenvalue weighted by Crippen LogP contribution is -2.17. The lowest BCUT2D eigenvalue weighted by atomic mass is 9.82. The Kier molecular flexibility index (Phi) is 8.27. The molecule has 0 saturated carbocycles. The Labute approximate surface area is 362 Å². The van der Waals surface area contributed by atoms with Crippen LogP contribution in [0.25, 0.3) is 87.6 Å². The zero-order valence-electron chi connectivity index (χ0n) is 34.8. The molecule has 0 bridgehead atoms. The molecule has 0 amide bonds. The van der Waals surface area contributed by atoms with Crippen LogP contribution in [0.3, 0.4) is 0 Å². The van der Waals surface area contributed by atoms with Crippen LogP contribution in [-0.4, -0.2) is 0 Å². The molecule has 0 fully saturated rings. The van der Waals surface area contributed by atoms with Gasteiger partial charge in [0.05, 0.1) is 5.69 Å². The summed E-state index contributed by atoms with van der Waals surface area (Å²) in [4.78, 5) is 2.51. The number of fused-ring (bicyclic) bond motifs is 8. The standard InChI is InChI=1S/C61H43N/c1-61(2)57-27-12-11-24-52(57)53-36-35-47(39-58(53)61)62(46-33-31-41(32-34-46)44-30-29-40-15-3-4-17-43(40)37-44)59-28-14-26-55(60(59)54-25-13-19-42-16-5-7-20-48(42)54)56-38-45-18-6-8-21-49(45)50-22-9-10-23-51(50)56/h3-39H,1-2H3. The molecule has 0 aliphatic heterocycles. The normalized spacial score (nSPS) is 12.8.